The standard InChI is InChI=1S/C13H18FN5O2/c14-11-9(5-7-16-12(11)19-15)13(21)17-6-1-2-10(20)18-8-3-4-8/h5,7-8H,1-4,6,15H2,(H,16,19)(H,17,21)(H,18,20). The van der Waals surface area contributed by atoms with Gasteiger partial charge in [-0.15, -0.1) is 0 Å². The third-order valence-electron chi connectivity index (χ3n) is 3.08. The van der Waals surface area contributed by atoms with Crippen LogP contribution in [0.15, 0.2) is 12.3 Å². The highest BCUT2D eigenvalue weighted by molar-refractivity contribution is 5.95. The molecule has 0 bridgehead atoms. The average molecular weight is 295 g/mol. The number of amides is 2. The van der Waals surface area contributed by atoms with Crippen LogP contribution in [0.3, 0.4) is 0 Å². The van der Waals surface area contributed by atoms with Crippen LogP contribution in [-0.2, 0) is 4.79 Å². The number of rotatable bonds is 7. The molecular formula is C13H18FN5O2. The van der Waals surface area contributed by atoms with E-state index in [4.69, 9.17) is 5.84 Å². The van der Waals surface area contributed by atoms with Gasteiger partial charge in [0.05, 0.1) is 5.56 Å². The summed E-state index contributed by atoms with van der Waals surface area (Å²) < 4.78 is 13.8. The van der Waals surface area contributed by atoms with Gasteiger partial charge in [0.1, 0.15) is 0 Å². The molecule has 0 unspecified atom stereocenters. The summed E-state index contributed by atoms with van der Waals surface area (Å²) in [7, 11) is 0. The van der Waals surface area contributed by atoms with Crippen molar-refractivity contribution < 1.29 is 14.0 Å². The number of halogens is 1. The van der Waals surface area contributed by atoms with Crippen LogP contribution in [0.4, 0.5) is 10.2 Å². The maximum absolute atomic E-state index is 13.8. The molecule has 8 heteroatoms. The normalized spacial score (nSPS) is 13.6. The number of nitrogens with one attached hydrogen (secondary N) is 3. The molecule has 1 aromatic rings. The van der Waals surface area contributed by atoms with E-state index in [-0.39, 0.29) is 17.3 Å². The molecule has 2 amide bonds. The van der Waals surface area contributed by atoms with Gasteiger partial charge in [-0.1, -0.05) is 0 Å². The van der Waals surface area contributed by atoms with Gasteiger partial charge in [0.15, 0.2) is 11.6 Å². The minimum atomic E-state index is -0.802. The zero-order valence-electron chi connectivity index (χ0n) is 11.5. The summed E-state index contributed by atoms with van der Waals surface area (Å²) in [5.41, 5.74) is 1.94. The Morgan fingerprint density at radius 1 is 1.43 bits per heavy atom. The Morgan fingerprint density at radius 3 is 2.86 bits per heavy atom. The first kappa shape index (κ1) is 15.2. The Balaban J connectivity index is 1.75. The van der Waals surface area contributed by atoms with E-state index in [9.17, 15) is 14.0 Å². The number of pyridine rings is 1. The van der Waals surface area contributed by atoms with Crippen molar-refractivity contribution in [3.63, 3.8) is 0 Å². The third-order valence-corrected chi connectivity index (χ3v) is 3.08. The lowest BCUT2D eigenvalue weighted by atomic mass is 10.2. The van der Waals surface area contributed by atoms with Crippen molar-refractivity contribution in [2.75, 3.05) is 12.0 Å². The molecule has 0 spiro atoms. The fourth-order valence-electron chi connectivity index (χ4n) is 1.79. The lowest BCUT2D eigenvalue weighted by molar-refractivity contribution is -0.121. The van der Waals surface area contributed by atoms with E-state index in [0.29, 0.717) is 25.4 Å². The van der Waals surface area contributed by atoms with Crippen LogP contribution in [0.2, 0.25) is 0 Å². The maximum atomic E-state index is 13.8. The summed E-state index contributed by atoms with van der Waals surface area (Å²) >= 11 is 0. The summed E-state index contributed by atoms with van der Waals surface area (Å²) in [6.07, 6.45) is 4.21. The predicted molar refractivity (Wildman–Crippen MR) is 74.7 cm³/mol. The highest BCUT2D eigenvalue weighted by atomic mass is 19.1. The van der Waals surface area contributed by atoms with Crippen molar-refractivity contribution in [1.29, 1.82) is 0 Å². The maximum Gasteiger partial charge on any atom is 0.254 e. The molecule has 0 radical (unpaired) electrons. The lowest BCUT2D eigenvalue weighted by Gasteiger charge is -2.08. The molecule has 114 valence electrons. The van der Waals surface area contributed by atoms with Gasteiger partial charge in [0, 0.05) is 25.2 Å². The minimum Gasteiger partial charge on any atom is -0.353 e. The molecule has 1 heterocycles. The molecule has 0 aromatic carbocycles. The van der Waals surface area contributed by atoms with Crippen molar-refractivity contribution >= 4 is 17.6 Å². The van der Waals surface area contributed by atoms with E-state index in [1.54, 1.807) is 0 Å². The molecule has 1 fully saturated rings. The van der Waals surface area contributed by atoms with Crippen molar-refractivity contribution in [3.8, 4) is 0 Å². The number of aromatic nitrogens is 1. The molecular weight excluding hydrogens is 277 g/mol. The summed E-state index contributed by atoms with van der Waals surface area (Å²) in [6.45, 7) is 0.296. The number of carbonyl (C=O) groups excluding carboxylic acids is 2. The molecule has 5 N–H and O–H groups in total. The van der Waals surface area contributed by atoms with Crippen LogP contribution in [0, 0.1) is 5.82 Å². The zero-order chi connectivity index (χ0) is 15.2. The number of nitrogen functional groups attached to an aromatic ring is 1. The van der Waals surface area contributed by atoms with Crippen LogP contribution < -0.4 is 21.9 Å². The number of anilines is 1. The van der Waals surface area contributed by atoms with E-state index < -0.39 is 11.7 Å². The zero-order valence-corrected chi connectivity index (χ0v) is 11.5. The quantitative estimate of drug-likeness (QED) is 0.328. The van der Waals surface area contributed by atoms with E-state index in [2.05, 4.69) is 21.0 Å². The van der Waals surface area contributed by atoms with E-state index >= 15 is 0 Å². The number of nitrogens with two attached hydrogens (primary N) is 1. The molecule has 1 saturated carbocycles. The first-order valence-electron chi connectivity index (χ1n) is 6.80. The highest BCUT2D eigenvalue weighted by Gasteiger charge is 2.22. The van der Waals surface area contributed by atoms with Gasteiger partial charge in [-0.3, -0.25) is 9.59 Å². The number of hydrogen-bond acceptors (Lipinski definition) is 5. The second-order valence-electron chi connectivity index (χ2n) is 4.87. The van der Waals surface area contributed by atoms with Crippen LogP contribution in [-0.4, -0.2) is 29.4 Å². The summed E-state index contributed by atoms with van der Waals surface area (Å²) in [6, 6.07) is 1.60. The molecule has 0 saturated heterocycles. The Kier molecular flexibility index (Phi) is 5.04. The monoisotopic (exact) mass is 295 g/mol. The summed E-state index contributed by atoms with van der Waals surface area (Å²) in [4.78, 5) is 26.9. The molecule has 1 aliphatic rings. The Morgan fingerprint density at radius 2 is 2.19 bits per heavy atom. The van der Waals surface area contributed by atoms with Crippen molar-refractivity contribution in [2.45, 2.75) is 31.7 Å². The second kappa shape index (κ2) is 6.98. The fraction of sp³-hybridized carbons (Fsp3) is 0.462. The molecule has 1 aromatic heterocycles. The van der Waals surface area contributed by atoms with Crippen LogP contribution >= 0.6 is 0 Å². The van der Waals surface area contributed by atoms with E-state index in [1.165, 1.54) is 12.3 Å². The molecule has 2 rings (SSSR count). The third kappa shape index (κ3) is 4.38. The van der Waals surface area contributed by atoms with Crippen LogP contribution in [0.25, 0.3) is 0 Å². The Bertz CT molecular complexity index is 533. The van der Waals surface area contributed by atoms with Crippen molar-refractivity contribution in [1.82, 2.24) is 15.6 Å². The van der Waals surface area contributed by atoms with Gasteiger partial charge in [-0.05, 0) is 25.3 Å². The number of hydrogen-bond donors (Lipinski definition) is 4. The largest absolute Gasteiger partial charge is 0.353 e. The van der Waals surface area contributed by atoms with E-state index in [1.807, 2.05) is 0 Å². The van der Waals surface area contributed by atoms with Crippen LogP contribution in [0.5, 0.6) is 0 Å². The molecule has 1 aliphatic carbocycles. The van der Waals surface area contributed by atoms with Crippen molar-refractivity contribution in [3.05, 3.63) is 23.6 Å². The first-order chi connectivity index (χ1) is 10.1. The van der Waals surface area contributed by atoms with Gasteiger partial charge >= 0.3 is 0 Å². The molecule has 21 heavy (non-hydrogen) atoms. The second-order valence-corrected chi connectivity index (χ2v) is 4.87. The topological polar surface area (TPSA) is 109 Å². The first-order valence-corrected chi connectivity index (χ1v) is 6.80. The van der Waals surface area contributed by atoms with Gasteiger partial charge in [-0.2, -0.15) is 0 Å². The lowest BCUT2D eigenvalue weighted by Crippen LogP contribution is -2.29. The molecule has 0 atom stereocenters. The number of hydrazine groups is 1. The molecule has 7 nitrogen and oxygen atoms in total. The van der Waals surface area contributed by atoms with Gasteiger partial charge < -0.3 is 16.1 Å². The highest BCUT2D eigenvalue weighted by Crippen LogP contribution is 2.18. The Hall–Kier alpha value is -2.22. The number of nitrogens with zero attached hydrogens (tertiary/aromatic N) is 1. The fourth-order valence-corrected chi connectivity index (χ4v) is 1.79. The van der Waals surface area contributed by atoms with Gasteiger partial charge in [0.25, 0.3) is 5.91 Å². The summed E-state index contributed by atoms with van der Waals surface area (Å²) in [5, 5.41) is 5.42. The van der Waals surface area contributed by atoms with Crippen molar-refractivity contribution in [2.24, 2.45) is 5.84 Å². The molecule has 0 aliphatic heterocycles. The van der Waals surface area contributed by atoms with Crippen LogP contribution in [0.1, 0.15) is 36.0 Å². The van der Waals surface area contributed by atoms with Gasteiger partial charge in [-0.25, -0.2) is 15.2 Å². The van der Waals surface area contributed by atoms with E-state index in [0.717, 1.165) is 12.8 Å². The SMILES string of the molecule is NNc1nccc(C(=O)NCCCC(=O)NC2CC2)c1F. The number of carbonyl (C=O) groups is 2. The average Bonchev–Trinajstić information content (AvgIpc) is 3.27. The Labute approximate surface area is 121 Å². The smallest absolute Gasteiger partial charge is 0.254 e. The summed E-state index contributed by atoms with van der Waals surface area (Å²) in [5.74, 6) is 3.52. The predicted octanol–water partition coefficient (Wildman–Crippen LogP) is 0.295. The minimum absolute atomic E-state index is 0.0172. The van der Waals surface area contributed by atoms with Gasteiger partial charge in [0.2, 0.25) is 5.91 Å².